The number of carbonyl (C=O) groups is 1. The molecule has 3 aromatic heterocycles. The lowest BCUT2D eigenvalue weighted by molar-refractivity contribution is -0.154. The first-order valence-electron chi connectivity index (χ1n) is 9.74. The van der Waals surface area contributed by atoms with Crippen molar-refractivity contribution in [2.45, 2.75) is 46.3 Å². The fraction of sp³-hybridized carbons (Fsp3) is 0.381. The summed E-state index contributed by atoms with van der Waals surface area (Å²) in [7, 11) is 0. The van der Waals surface area contributed by atoms with Gasteiger partial charge in [-0.15, -0.1) is 0 Å². The van der Waals surface area contributed by atoms with Crippen LogP contribution in [0.15, 0.2) is 28.9 Å². The van der Waals surface area contributed by atoms with E-state index in [1.165, 1.54) is 18.3 Å². The van der Waals surface area contributed by atoms with Crippen molar-refractivity contribution in [1.29, 1.82) is 0 Å². The SMILES string of the molecule is Cc1cc(C(=O)NC(C)c2ccc(OCC(F)(F)F)nc2)nc(Cc2onc(C)c2C)n1. The fourth-order valence-electron chi connectivity index (χ4n) is 2.84. The lowest BCUT2D eigenvalue weighted by Gasteiger charge is -2.15. The molecule has 3 rings (SSSR count). The second-order valence-corrected chi connectivity index (χ2v) is 7.33. The molecular weight excluding hydrogens is 427 g/mol. The molecule has 0 spiro atoms. The zero-order valence-electron chi connectivity index (χ0n) is 17.9. The van der Waals surface area contributed by atoms with Crippen LogP contribution in [0.25, 0.3) is 0 Å². The van der Waals surface area contributed by atoms with Gasteiger partial charge in [-0.25, -0.2) is 15.0 Å². The van der Waals surface area contributed by atoms with Crippen molar-refractivity contribution in [2.24, 2.45) is 0 Å². The lowest BCUT2D eigenvalue weighted by Crippen LogP contribution is -2.28. The number of pyridine rings is 1. The Morgan fingerprint density at radius 2 is 1.97 bits per heavy atom. The summed E-state index contributed by atoms with van der Waals surface area (Å²) in [4.78, 5) is 25.3. The molecule has 11 heteroatoms. The molecule has 1 atom stereocenters. The molecule has 0 aliphatic rings. The van der Waals surface area contributed by atoms with Crippen LogP contribution in [-0.4, -0.2) is 38.8 Å². The van der Waals surface area contributed by atoms with Crippen molar-refractivity contribution >= 4 is 5.91 Å². The Morgan fingerprint density at radius 1 is 1.22 bits per heavy atom. The fourth-order valence-corrected chi connectivity index (χ4v) is 2.84. The van der Waals surface area contributed by atoms with Crippen molar-refractivity contribution in [3.05, 3.63) is 64.2 Å². The first-order valence-corrected chi connectivity index (χ1v) is 9.74. The zero-order valence-corrected chi connectivity index (χ0v) is 17.9. The summed E-state index contributed by atoms with van der Waals surface area (Å²) in [6.45, 7) is 5.78. The van der Waals surface area contributed by atoms with Gasteiger partial charge in [0.05, 0.1) is 18.2 Å². The maximum absolute atomic E-state index is 12.7. The summed E-state index contributed by atoms with van der Waals surface area (Å²) in [5.41, 5.74) is 3.09. The number of hydrogen-bond donors (Lipinski definition) is 1. The van der Waals surface area contributed by atoms with E-state index < -0.39 is 24.7 Å². The average molecular weight is 449 g/mol. The molecule has 170 valence electrons. The molecule has 1 N–H and O–H groups in total. The van der Waals surface area contributed by atoms with E-state index in [1.807, 2.05) is 13.8 Å². The Balaban J connectivity index is 1.67. The van der Waals surface area contributed by atoms with Gasteiger partial charge in [-0.2, -0.15) is 13.2 Å². The third-order valence-corrected chi connectivity index (χ3v) is 4.70. The molecule has 1 unspecified atom stereocenters. The normalized spacial score (nSPS) is 12.5. The van der Waals surface area contributed by atoms with Gasteiger partial charge in [-0.05, 0) is 39.3 Å². The van der Waals surface area contributed by atoms with Crippen LogP contribution in [-0.2, 0) is 6.42 Å². The smallest absolute Gasteiger partial charge is 0.422 e. The number of halogens is 3. The van der Waals surface area contributed by atoms with Crippen molar-refractivity contribution in [1.82, 2.24) is 25.4 Å². The number of alkyl halides is 3. The van der Waals surface area contributed by atoms with Crippen LogP contribution in [0, 0.1) is 20.8 Å². The molecule has 3 heterocycles. The van der Waals surface area contributed by atoms with Gasteiger partial charge in [0.15, 0.2) is 6.61 Å². The van der Waals surface area contributed by atoms with Gasteiger partial charge >= 0.3 is 6.18 Å². The minimum absolute atomic E-state index is 0.154. The highest BCUT2D eigenvalue weighted by Gasteiger charge is 2.28. The van der Waals surface area contributed by atoms with Crippen LogP contribution in [0.1, 0.15) is 57.6 Å². The number of carbonyl (C=O) groups excluding carboxylic acids is 1. The maximum Gasteiger partial charge on any atom is 0.422 e. The predicted molar refractivity (Wildman–Crippen MR) is 107 cm³/mol. The third-order valence-electron chi connectivity index (χ3n) is 4.70. The van der Waals surface area contributed by atoms with Crippen molar-refractivity contribution in [2.75, 3.05) is 6.61 Å². The third kappa shape index (κ3) is 6.02. The largest absolute Gasteiger partial charge is 0.468 e. The Kier molecular flexibility index (Phi) is 6.75. The highest BCUT2D eigenvalue weighted by atomic mass is 19.4. The van der Waals surface area contributed by atoms with E-state index in [1.54, 1.807) is 19.9 Å². The highest BCUT2D eigenvalue weighted by molar-refractivity contribution is 5.92. The molecule has 32 heavy (non-hydrogen) atoms. The van der Waals surface area contributed by atoms with Crippen LogP contribution >= 0.6 is 0 Å². The number of amides is 1. The molecule has 0 saturated heterocycles. The van der Waals surface area contributed by atoms with Gasteiger partial charge < -0.3 is 14.6 Å². The van der Waals surface area contributed by atoms with E-state index in [2.05, 4.69) is 30.2 Å². The van der Waals surface area contributed by atoms with Gasteiger partial charge in [0, 0.05) is 23.5 Å². The molecule has 0 aliphatic carbocycles. The Morgan fingerprint density at radius 3 is 2.56 bits per heavy atom. The number of aromatic nitrogens is 4. The summed E-state index contributed by atoms with van der Waals surface area (Å²) in [5, 5.41) is 6.71. The molecule has 8 nitrogen and oxygen atoms in total. The standard InChI is InChI=1S/C21H22F3N5O3/c1-11-7-16(28-18(26-11)8-17-12(2)13(3)29-32-17)20(30)27-14(4)15-5-6-19(25-9-15)31-10-21(22,23)24/h5-7,9,14H,8,10H2,1-4H3,(H,27,30). The molecule has 0 radical (unpaired) electrons. The summed E-state index contributed by atoms with van der Waals surface area (Å²) < 4.78 is 46.6. The first-order chi connectivity index (χ1) is 15.0. The second-order valence-electron chi connectivity index (χ2n) is 7.33. The van der Waals surface area contributed by atoms with E-state index in [9.17, 15) is 18.0 Å². The number of rotatable bonds is 7. The molecule has 0 bridgehead atoms. The minimum atomic E-state index is -4.44. The van der Waals surface area contributed by atoms with Crippen molar-refractivity contribution in [3.8, 4) is 5.88 Å². The van der Waals surface area contributed by atoms with Crippen LogP contribution in [0.4, 0.5) is 13.2 Å². The van der Waals surface area contributed by atoms with Gasteiger partial charge in [0.1, 0.15) is 17.3 Å². The van der Waals surface area contributed by atoms with Crippen molar-refractivity contribution in [3.63, 3.8) is 0 Å². The minimum Gasteiger partial charge on any atom is -0.468 e. The monoisotopic (exact) mass is 449 g/mol. The van der Waals surface area contributed by atoms with E-state index in [0.29, 0.717) is 29.3 Å². The summed E-state index contributed by atoms with van der Waals surface area (Å²) in [5.74, 6) is 0.479. The van der Waals surface area contributed by atoms with E-state index in [4.69, 9.17) is 4.52 Å². The number of hydrogen-bond acceptors (Lipinski definition) is 7. The van der Waals surface area contributed by atoms with E-state index >= 15 is 0 Å². The molecule has 0 aromatic carbocycles. The summed E-state index contributed by atoms with van der Waals surface area (Å²) in [6.07, 6.45) is -2.79. The van der Waals surface area contributed by atoms with Gasteiger partial charge in [-0.1, -0.05) is 11.2 Å². The molecule has 0 fully saturated rings. The second kappa shape index (κ2) is 9.33. The van der Waals surface area contributed by atoms with Gasteiger partial charge in [0.2, 0.25) is 5.88 Å². The lowest BCUT2D eigenvalue weighted by atomic mass is 10.1. The predicted octanol–water partition coefficient (Wildman–Crippen LogP) is 3.81. The highest BCUT2D eigenvalue weighted by Crippen LogP contribution is 2.19. The number of aryl methyl sites for hydroxylation is 2. The zero-order chi connectivity index (χ0) is 23.5. The summed E-state index contributed by atoms with van der Waals surface area (Å²) in [6, 6.07) is 3.95. The quantitative estimate of drug-likeness (QED) is 0.585. The topological polar surface area (TPSA) is 103 Å². The van der Waals surface area contributed by atoms with E-state index in [-0.39, 0.29) is 11.6 Å². The number of ether oxygens (including phenoxy) is 1. The van der Waals surface area contributed by atoms with Gasteiger partial charge in [-0.3, -0.25) is 4.79 Å². The summed E-state index contributed by atoms with van der Waals surface area (Å²) >= 11 is 0. The van der Waals surface area contributed by atoms with E-state index in [0.717, 1.165) is 11.3 Å². The van der Waals surface area contributed by atoms with Crippen molar-refractivity contribution < 1.29 is 27.2 Å². The molecular formula is C21H22F3N5O3. The molecule has 0 aliphatic heterocycles. The maximum atomic E-state index is 12.7. The van der Waals surface area contributed by atoms with Crippen LogP contribution in [0.2, 0.25) is 0 Å². The number of nitrogens with zero attached hydrogens (tertiary/aromatic N) is 4. The van der Waals surface area contributed by atoms with Crippen LogP contribution in [0.3, 0.4) is 0 Å². The Hall–Kier alpha value is -3.50. The number of nitrogens with one attached hydrogen (secondary N) is 1. The first kappa shape index (κ1) is 23.2. The molecule has 0 saturated carbocycles. The Labute approximate surface area is 182 Å². The molecule has 3 aromatic rings. The molecule has 1 amide bonds. The van der Waals surface area contributed by atoms with Gasteiger partial charge in [0.25, 0.3) is 5.91 Å². The van der Waals surface area contributed by atoms with Crippen LogP contribution in [0.5, 0.6) is 5.88 Å². The Bertz CT molecular complexity index is 1100. The van der Waals surface area contributed by atoms with Crippen LogP contribution < -0.4 is 10.1 Å². The average Bonchev–Trinajstić information content (AvgIpc) is 3.03.